The Bertz CT molecular complexity index is 711. The van der Waals surface area contributed by atoms with Gasteiger partial charge < -0.3 is 19.0 Å². The Labute approximate surface area is 153 Å². The van der Waals surface area contributed by atoms with Crippen LogP contribution in [0.15, 0.2) is 53.1 Å². The monoisotopic (exact) mass is 356 g/mol. The predicted molar refractivity (Wildman–Crippen MR) is 96.0 cm³/mol. The molecule has 0 radical (unpaired) electrons. The first kappa shape index (κ1) is 18.2. The van der Waals surface area contributed by atoms with Gasteiger partial charge >= 0.3 is 0 Å². The van der Waals surface area contributed by atoms with Crippen LogP contribution in [0.5, 0.6) is 0 Å². The Balaban J connectivity index is 1.71. The molecule has 1 aromatic heterocycles. The molecule has 0 aliphatic heterocycles. The van der Waals surface area contributed by atoms with Crippen LogP contribution in [-0.2, 0) is 27.4 Å². The van der Waals surface area contributed by atoms with Crippen LogP contribution in [0.4, 0.5) is 0 Å². The molecule has 0 unspecified atom stereocenters. The average Bonchev–Trinajstić information content (AvgIpc) is 3.36. The molecule has 0 saturated heterocycles. The molecular weight excluding hydrogens is 332 g/mol. The Morgan fingerprint density at radius 3 is 2.46 bits per heavy atom. The van der Waals surface area contributed by atoms with E-state index in [0.29, 0.717) is 13.1 Å². The first-order chi connectivity index (χ1) is 12.7. The number of rotatable bonds is 9. The molecule has 0 N–H and O–H groups in total. The lowest BCUT2D eigenvalue weighted by atomic mass is 10.2. The Morgan fingerprint density at radius 1 is 1.08 bits per heavy atom. The van der Waals surface area contributed by atoms with Crippen molar-refractivity contribution in [1.29, 1.82) is 0 Å². The predicted octanol–water partition coefficient (Wildman–Crippen LogP) is 2.45. The molecule has 1 aliphatic carbocycles. The number of hydrogen-bond donors (Lipinski definition) is 0. The highest BCUT2D eigenvalue weighted by atomic mass is 16.5. The minimum Gasteiger partial charge on any atom is -0.467 e. The van der Waals surface area contributed by atoms with E-state index in [2.05, 4.69) is 0 Å². The summed E-state index contributed by atoms with van der Waals surface area (Å²) in [5.41, 5.74) is 1.04. The molecule has 138 valence electrons. The summed E-state index contributed by atoms with van der Waals surface area (Å²) in [6.45, 7) is 0.913. The third-order valence-corrected chi connectivity index (χ3v) is 4.38. The molecule has 2 amide bonds. The van der Waals surface area contributed by atoms with E-state index in [4.69, 9.17) is 9.15 Å². The third-order valence-electron chi connectivity index (χ3n) is 4.38. The summed E-state index contributed by atoms with van der Waals surface area (Å²) in [6.07, 6.45) is 3.48. The van der Waals surface area contributed by atoms with E-state index in [1.807, 2.05) is 36.4 Å². The lowest BCUT2D eigenvalue weighted by Gasteiger charge is -2.27. The number of nitrogens with zero attached hydrogens (tertiary/aromatic N) is 2. The van der Waals surface area contributed by atoms with E-state index >= 15 is 0 Å². The van der Waals surface area contributed by atoms with Crippen LogP contribution in [0.3, 0.4) is 0 Å². The summed E-state index contributed by atoms with van der Waals surface area (Å²) in [4.78, 5) is 28.6. The molecule has 3 rings (SSSR count). The number of amides is 2. The van der Waals surface area contributed by atoms with E-state index < -0.39 is 0 Å². The van der Waals surface area contributed by atoms with Gasteiger partial charge in [0.2, 0.25) is 11.8 Å². The van der Waals surface area contributed by atoms with Gasteiger partial charge in [0.05, 0.1) is 12.8 Å². The van der Waals surface area contributed by atoms with E-state index in [0.717, 1.165) is 24.2 Å². The van der Waals surface area contributed by atoms with E-state index in [1.165, 1.54) is 7.11 Å². The lowest BCUT2D eigenvalue weighted by Crippen LogP contribution is -2.44. The zero-order chi connectivity index (χ0) is 18.4. The van der Waals surface area contributed by atoms with Crippen molar-refractivity contribution in [3.63, 3.8) is 0 Å². The summed E-state index contributed by atoms with van der Waals surface area (Å²) >= 11 is 0. The normalized spacial score (nSPS) is 13.4. The topological polar surface area (TPSA) is 63.0 Å². The molecule has 26 heavy (non-hydrogen) atoms. The SMILES string of the molecule is COCC(=O)N(CC(=O)N(Cc1ccccc1)Cc1ccco1)C1CC1. The quantitative estimate of drug-likeness (QED) is 0.692. The van der Waals surface area contributed by atoms with Gasteiger partial charge in [0.15, 0.2) is 0 Å². The van der Waals surface area contributed by atoms with E-state index in [-0.39, 0.29) is 31.0 Å². The fourth-order valence-corrected chi connectivity index (χ4v) is 2.89. The number of ether oxygens (including phenoxy) is 1. The summed E-state index contributed by atoms with van der Waals surface area (Å²) in [5.74, 6) is 0.484. The van der Waals surface area contributed by atoms with Gasteiger partial charge in [0, 0.05) is 19.7 Å². The first-order valence-electron chi connectivity index (χ1n) is 8.80. The minimum atomic E-state index is -0.138. The average molecular weight is 356 g/mol. The molecule has 1 aromatic carbocycles. The minimum absolute atomic E-state index is 0.000644. The molecule has 1 aliphatic rings. The summed E-state index contributed by atoms with van der Waals surface area (Å²) in [6, 6.07) is 13.6. The zero-order valence-electron chi connectivity index (χ0n) is 15.0. The maximum absolute atomic E-state index is 13.0. The van der Waals surface area contributed by atoms with Crippen LogP contribution in [0.25, 0.3) is 0 Å². The van der Waals surface area contributed by atoms with Gasteiger partial charge in [-0.3, -0.25) is 9.59 Å². The second-order valence-electron chi connectivity index (χ2n) is 6.50. The maximum Gasteiger partial charge on any atom is 0.249 e. The molecule has 6 nitrogen and oxygen atoms in total. The smallest absolute Gasteiger partial charge is 0.249 e. The highest BCUT2D eigenvalue weighted by molar-refractivity contribution is 5.85. The lowest BCUT2D eigenvalue weighted by molar-refractivity contribution is -0.144. The number of hydrogen-bond acceptors (Lipinski definition) is 4. The number of benzene rings is 1. The van der Waals surface area contributed by atoms with Crippen LogP contribution < -0.4 is 0 Å². The number of carbonyl (C=O) groups is 2. The van der Waals surface area contributed by atoms with Gasteiger partial charge in [-0.2, -0.15) is 0 Å². The van der Waals surface area contributed by atoms with Crippen LogP contribution >= 0.6 is 0 Å². The fraction of sp³-hybridized carbons (Fsp3) is 0.400. The van der Waals surface area contributed by atoms with Crippen molar-refractivity contribution in [3.8, 4) is 0 Å². The molecule has 1 fully saturated rings. The molecule has 0 bridgehead atoms. The Hall–Kier alpha value is -2.60. The molecule has 0 spiro atoms. The van der Waals surface area contributed by atoms with Gasteiger partial charge in [-0.05, 0) is 30.5 Å². The second-order valence-corrected chi connectivity index (χ2v) is 6.50. The van der Waals surface area contributed by atoms with E-state index in [9.17, 15) is 9.59 Å². The van der Waals surface area contributed by atoms with Gasteiger partial charge in [-0.1, -0.05) is 30.3 Å². The maximum atomic E-state index is 13.0. The van der Waals surface area contributed by atoms with Crippen molar-refractivity contribution in [2.24, 2.45) is 0 Å². The van der Waals surface area contributed by atoms with Crippen molar-refractivity contribution in [2.45, 2.75) is 32.0 Å². The molecule has 2 aromatic rings. The van der Waals surface area contributed by atoms with Crippen molar-refractivity contribution < 1.29 is 18.7 Å². The molecule has 0 atom stereocenters. The number of carbonyl (C=O) groups excluding carboxylic acids is 2. The molecule has 1 heterocycles. The molecule has 6 heteroatoms. The highest BCUT2D eigenvalue weighted by Gasteiger charge is 2.34. The summed E-state index contributed by atoms with van der Waals surface area (Å²) in [5, 5.41) is 0. The van der Waals surface area contributed by atoms with Gasteiger partial charge in [0.25, 0.3) is 0 Å². The largest absolute Gasteiger partial charge is 0.467 e. The van der Waals surface area contributed by atoms with Crippen molar-refractivity contribution in [1.82, 2.24) is 9.80 Å². The molecule has 1 saturated carbocycles. The van der Waals surface area contributed by atoms with Crippen LogP contribution in [0, 0.1) is 0 Å². The van der Waals surface area contributed by atoms with Crippen LogP contribution in [0.1, 0.15) is 24.2 Å². The second kappa shape index (κ2) is 8.67. The van der Waals surface area contributed by atoms with E-state index in [1.54, 1.807) is 22.1 Å². The molecular formula is C20H24N2O4. The van der Waals surface area contributed by atoms with Gasteiger partial charge in [-0.15, -0.1) is 0 Å². The number of furan rings is 1. The highest BCUT2D eigenvalue weighted by Crippen LogP contribution is 2.27. The van der Waals surface area contributed by atoms with Crippen molar-refractivity contribution in [2.75, 3.05) is 20.3 Å². The first-order valence-corrected chi connectivity index (χ1v) is 8.80. The standard InChI is InChI=1S/C20H24N2O4/c1-25-15-20(24)22(17-9-10-17)14-19(23)21(13-18-8-5-11-26-18)12-16-6-3-2-4-7-16/h2-8,11,17H,9-10,12-15H2,1H3. The van der Waals surface area contributed by atoms with Gasteiger partial charge in [0.1, 0.15) is 18.9 Å². The van der Waals surface area contributed by atoms with Crippen LogP contribution in [-0.4, -0.2) is 47.9 Å². The zero-order valence-corrected chi connectivity index (χ0v) is 15.0. The summed E-state index contributed by atoms with van der Waals surface area (Å²) < 4.78 is 10.4. The fourth-order valence-electron chi connectivity index (χ4n) is 2.89. The Morgan fingerprint density at radius 2 is 1.85 bits per heavy atom. The van der Waals surface area contributed by atoms with Gasteiger partial charge in [-0.25, -0.2) is 0 Å². The van der Waals surface area contributed by atoms with Crippen molar-refractivity contribution in [3.05, 3.63) is 60.1 Å². The summed E-state index contributed by atoms with van der Waals surface area (Å²) in [7, 11) is 1.49. The van der Waals surface area contributed by atoms with Crippen molar-refractivity contribution >= 4 is 11.8 Å². The van der Waals surface area contributed by atoms with Crippen LogP contribution in [0.2, 0.25) is 0 Å². The third kappa shape index (κ3) is 4.95. The Kier molecular flexibility index (Phi) is 6.07. The number of methoxy groups -OCH3 is 1.